The van der Waals surface area contributed by atoms with E-state index in [4.69, 9.17) is 10.5 Å². The van der Waals surface area contributed by atoms with Gasteiger partial charge in [-0.05, 0) is 45.7 Å². The van der Waals surface area contributed by atoms with Crippen LogP contribution in [0, 0.1) is 18.6 Å². The maximum Gasteiger partial charge on any atom is 0.326 e. The predicted molar refractivity (Wildman–Crippen MR) is 73.2 cm³/mol. The molecule has 20 heavy (non-hydrogen) atoms. The summed E-state index contributed by atoms with van der Waals surface area (Å²) in [5.41, 5.74) is 4.06. The van der Waals surface area contributed by atoms with Gasteiger partial charge in [-0.15, -0.1) is 0 Å². The summed E-state index contributed by atoms with van der Waals surface area (Å²) in [7, 11) is 0. The highest BCUT2D eigenvalue weighted by atomic mass is 19.2. The standard InChI is InChI=1S/C15H21F2NO2/c1-9-6-7-10(12(17)11(9)16)8-15(5,18)13(19)20-14(2,3)4/h6-7H,8,18H2,1-5H3/t15-/m0/s1. The summed E-state index contributed by atoms with van der Waals surface area (Å²) in [6.45, 7) is 8.06. The summed E-state index contributed by atoms with van der Waals surface area (Å²) in [5, 5.41) is 0. The summed E-state index contributed by atoms with van der Waals surface area (Å²) in [5.74, 6) is -2.53. The molecule has 112 valence electrons. The van der Waals surface area contributed by atoms with Crippen molar-refractivity contribution in [2.45, 2.75) is 52.2 Å². The third kappa shape index (κ3) is 4.00. The second-order valence-corrected chi connectivity index (χ2v) is 6.27. The zero-order chi connectivity index (χ0) is 15.7. The molecule has 1 aromatic rings. The van der Waals surface area contributed by atoms with E-state index in [1.807, 2.05) is 0 Å². The quantitative estimate of drug-likeness (QED) is 0.869. The fourth-order valence-electron chi connectivity index (χ4n) is 1.68. The number of carbonyl (C=O) groups excluding carboxylic acids is 1. The van der Waals surface area contributed by atoms with Gasteiger partial charge in [0.2, 0.25) is 0 Å². The van der Waals surface area contributed by atoms with Gasteiger partial charge in [-0.2, -0.15) is 0 Å². The first kappa shape index (κ1) is 16.6. The Balaban J connectivity index is 2.97. The molecule has 0 amide bonds. The van der Waals surface area contributed by atoms with Crippen molar-refractivity contribution in [3.05, 3.63) is 34.9 Å². The van der Waals surface area contributed by atoms with Crippen molar-refractivity contribution in [3.8, 4) is 0 Å². The molecule has 1 rings (SSSR count). The van der Waals surface area contributed by atoms with E-state index in [0.717, 1.165) is 0 Å². The molecule has 2 N–H and O–H groups in total. The molecular formula is C15H21F2NO2. The summed E-state index contributed by atoms with van der Waals surface area (Å²) >= 11 is 0. The average Bonchev–Trinajstić information content (AvgIpc) is 2.28. The molecule has 1 atom stereocenters. The SMILES string of the molecule is Cc1ccc(C[C@](C)(N)C(=O)OC(C)(C)C)c(F)c1F. The number of esters is 1. The third-order valence-electron chi connectivity index (χ3n) is 2.78. The van der Waals surface area contributed by atoms with Crippen molar-refractivity contribution >= 4 is 5.97 Å². The number of carbonyl (C=O) groups is 1. The van der Waals surface area contributed by atoms with E-state index >= 15 is 0 Å². The fourth-order valence-corrected chi connectivity index (χ4v) is 1.68. The Morgan fingerprint density at radius 3 is 2.25 bits per heavy atom. The third-order valence-corrected chi connectivity index (χ3v) is 2.78. The smallest absolute Gasteiger partial charge is 0.326 e. The molecule has 0 aliphatic carbocycles. The lowest BCUT2D eigenvalue weighted by Crippen LogP contribution is -2.50. The molecule has 5 heteroatoms. The monoisotopic (exact) mass is 285 g/mol. The number of ether oxygens (including phenoxy) is 1. The zero-order valence-corrected chi connectivity index (χ0v) is 12.5. The first-order chi connectivity index (χ1) is 8.94. The zero-order valence-electron chi connectivity index (χ0n) is 12.5. The Morgan fingerprint density at radius 1 is 1.20 bits per heavy atom. The van der Waals surface area contributed by atoms with Crippen molar-refractivity contribution in [2.24, 2.45) is 5.73 Å². The summed E-state index contributed by atoms with van der Waals surface area (Å²) in [6.07, 6.45) is -0.134. The van der Waals surface area contributed by atoms with E-state index in [-0.39, 0.29) is 17.5 Å². The highest BCUT2D eigenvalue weighted by Crippen LogP contribution is 2.21. The molecule has 0 saturated heterocycles. The van der Waals surface area contributed by atoms with Crippen molar-refractivity contribution in [2.75, 3.05) is 0 Å². The van der Waals surface area contributed by atoms with Crippen LogP contribution in [-0.4, -0.2) is 17.1 Å². The van der Waals surface area contributed by atoms with Crippen molar-refractivity contribution in [3.63, 3.8) is 0 Å². The minimum atomic E-state index is -1.42. The van der Waals surface area contributed by atoms with E-state index in [2.05, 4.69) is 0 Å². The molecular weight excluding hydrogens is 264 g/mol. The van der Waals surface area contributed by atoms with Crippen molar-refractivity contribution in [1.29, 1.82) is 0 Å². The molecule has 0 radical (unpaired) electrons. The van der Waals surface area contributed by atoms with Crippen LogP contribution in [-0.2, 0) is 16.0 Å². The van der Waals surface area contributed by atoms with E-state index in [1.165, 1.54) is 26.0 Å². The van der Waals surface area contributed by atoms with E-state index in [9.17, 15) is 13.6 Å². The van der Waals surface area contributed by atoms with Gasteiger partial charge in [0.1, 0.15) is 11.1 Å². The van der Waals surface area contributed by atoms with Crippen molar-refractivity contribution in [1.82, 2.24) is 0 Å². The van der Waals surface area contributed by atoms with Crippen LogP contribution >= 0.6 is 0 Å². The van der Waals surface area contributed by atoms with E-state index < -0.39 is 28.7 Å². The van der Waals surface area contributed by atoms with Gasteiger partial charge in [0.15, 0.2) is 11.6 Å². The lowest BCUT2D eigenvalue weighted by atomic mass is 9.92. The maximum atomic E-state index is 13.8. The molecule has 1 aromatic carbocycles. The largest absolute Gasteiger partial charge is 0.459 e. The number of rotatable bonds is 3. The Hall–Kier alpha value is -1.49. The number of halogens is 2. The van der Waals surface area contributed by atoms with Crippen LogP contribution < -0.4 is 5.73 Å². The molecule has 3 nitrogen and oxygen atoms in total. The highest BCUT2D eigenvalue weighted by Gasteiger charge is 2.34. The lowest BCUT2D eigenvalue weighted by Gasteiger charge is -2.28. The molecule has 0 aliphatic rings. The molecule has 0 spiro atoms. The van der Waals surface area contributed by atoms with Crippen LogP contribution in [0.4, 0.5) is 8.78 Å². The van der Waals surface area contributed by atoms with Gasteiger partial charge in [0, 0.05) is 6.42 Å². The molecule has 0 heterocycles. The molecule has 0 unspecified atom stereocenters. The topological polar surface area (TPSA) is 52.3 Å². The highest BCUT2D eigenvalue weighted by molar-refractivity contribution is 5.80. The number of hydrogen-bond donors (Lipinski definition) is 1. The number of nitrogens with two attached hydrogens (primary N) is 1. The lowest BCUT2D eigenvalue weighted by molar-refractivity contribution is -0.160. The van der Waals surface area contributed by atoms with Gasteiger partial charge in [-0.1, -0.05) is 12.1 Å². The number of hydrogen-bond acceptors (Lipinski definition) is 3. The van der Waals surface area contributed by atoms with Crippen LogP contribution in [0.5, 0.6) is 0 Å². The van der Waals surface area contributed by atoms with Crippen LogP contribution in [0.1, 0.15) is 38.8 Å². The second kappa shape index (κ2) is 5.48. The van der Waals surface area contributed by atoms with E-state index in [0.29, 0.717) is 0 Å². The number of benzene rings is 1. The van der Waals surface area contributed by atoms with Crippen LogP contribution in [0.3, 0.4) is 0 Å². The molecule has 0 aromatic heterocycles. The van der Waals surface area contributed by atoms with Crippen LogP contribution in [0.15, 0.2) is 12.1 Å². The Bertz CT molecular complexity index is 519. The Kier molecular flexibility index (Phi) is 4.54. The van der Waals surface area contributed by atoms with Gasteiger partial charge in [-0.25, -0.2) is 8.78 Å². The summed E-state index contributed by atoms with van der Waals surface area (Å²) in [6, 6.07) is 2.89. The van der Waals surface area contributed by atoms with Crippen molar-refractivity contribution < 1.29 is 18.3 Å². The maximum absolute atomic E-state index is 13.8. The molecule has 0 fully saturated rings. The Morgan fingerprint density at radius 2 is 1.75 bits per heavy atom. The first-order valence-corrected chi connectivity index (χ1v) is 6.40. The fraction of sp³-hybridized carbons (Fsp3) is 0.533. The molecule has 0 aliphatic heterocycles. The molecule has 0 saturated carbocycles. The minimum absolute atomic E-state index is 0.0592. The van der Waals surface area contributed by atoms with Gasteiger partial charge in [0.25, 0.3) is 0 Å². The molecule has 0 bridgehead atoms. The van der Waals surface area contributed by atoms with Gasteiger partial charge in [-0.3, -0.25) is 4.79 Å². The van der Waals surface area contributed by atoms with Crippen LogP contribution in [0.25, 0.3) is 0 Å². The van der Waals surface area contributed by atoms with E-state index in [1.54, 1.807) is 20.8 Å². The van der Waals surface area contributed by atoms with Gasteiger partial charge >= 0.3 is 5.97 Å². The number of aryl methyl sites for hydroxylation is 1. The second-order valence-electron chi connectivity index (χ2n) is 6.27. The Labute approximate surface area is 118 Å². The summed E-state index contributed by atoms with van der Waals surface area (Å²) < 4.78 is 32.5. The van der Waals surface area contributed by atoms with Gasteiger partial charge in [0.05, 0.1) is 0 Å². The van der Waals surface area contributed by atoms with Gasteiger partial charge < -0.3 is 10.5 Å². The predicted octanol–water partition coefficient (Wildman–Crippen LogP) is 2.87. The van der Waals surface area contributed by atoms with Crippen LogP contribution in [0.2, 0.25) is 0 Å². The normalized spacial score (nSPS) is 14.8. The summed E-state index contributed by atoms with van der Waals surface area (Å²) in [4.78, 5) is 12.0. The first-order valence-electron chi connectivity index (χ1n) is 6.40. The average molecular weight is 285 g/mol. The minimum Gasteiger partial charge on any atom is -0.459 e.